The molecule has 72 valence electrons. The van der Waals surface area contributed by atoms with E-state index in [4.69, 9.17) is 0 Å². The van der Waals surface area contributed by atoms with E-state index >= 15 is 0 Å². The summed E-state index contributed by atoms with van der Waals surface area (Å²) in [4.78, 5) is 12.3. The van der Waals surface area contributed by atoms with Crippen LogP contribution in [-0.2, 0) is 7.05 Å². The zero-order valence-corrected chi connectivity index (χ0v) is 9.66. The summed E-state index contributed by atoms with van der Waals surface area (Å²) in [5.74, 6) is 0. The first-order valence-electron chi connectivity index (χ1n) is 3.75. The number of hydrogen-bond acceptors (Lipinski definition) is 5. The second-order valence-corrected chi connectivity index (χ2v) is 4.25. The van der Waals surface area contributed by atoms with Crippen LogP contribution in [0.4, 0.5) is 0 Å². The highest BCUT2D eigenvalue weighted by Crippen LogP contribution is 2.22. The molecule has 0 amide bonds. The second kappa shape index (κ2) is 4.05. The molecular formula is C7H6BrN5S. The number of rotatable bonds is 2. The largest absolute Gasteiger partial charge is 0.245 e. The SMILES string of the molecule is Cn1ncnc1Sc1cnc(Br)cn1. The average Bonchev–Trinajstić information content (AvgIpc) is 2.56. The quantitative estimate of drug-likeness (QED) is 0.829. The van der Waals surface area contributed by atoms with Crippen molar-refractivity contribution < 1.29 is 0 Å². The van der Waals surface area contributed by atoms with E-state index in [1.807, 2.05) is 7.05 Å². The molecule has 14 heavy (non-hydrogen) atoms. The van der Waals surface area contributed by atoms with Gasteiger partial charge in [0.15, 0.2) is 5.16 Å². The maximum atomic E-state index is 4.17. The fourth-order valence-corrected chi connectivity index (χ4v) is 1.71. The molecule has 0 aromatic carbocycles. The number of nitrogens with zero attached hydrogens (tertiary/aromatic N) is 5. The normalized spacial score (nSPS) is 10.4. The Labute approximate surface area is 93.1 Å². The summed E-state index contributed by atoms with van der Waals surface area (Å²) in [7, 11) is 1.83. The summed E-state index contributed by atoms with van der Waals surface area (Å²) >= 11 is 4.65. The van der Waals surface area contributed by atoms with E-state index in [0.717, 1.165) is 14.8 Å². The molecule has 0 unspecified atom stereocenters. The lowest BCUT2D eigenvalue weighted by atomic mass is 10.8. The van der Waals surface area contributed by atoms with Crippen molar-refractivity contribution in [2.75, 3.05) is 0 Å². The van der Waals surface area contributed by atoms with E-state index in [-0.39, 0.29) is 0 Å². The van der Waals surface area contributed by atoms with Gasteiger partial charge in [-0.25, -0.2) is 19.6 Å². The lowest BCUT2D eigenvalue weighted by Crippen LogP contribution is -1.93. The molecule has 0 fully saturated rings. The van der Waals surface area contributed by atoms with Gasteiger partial charge >= 0.3 is 0 Å². The third kappa shape index (κ3) is 2.10. The molecule has 0 aliphatic carbocycles. The van der Waals surface area contributed by atoms with E-state index in [1.54, 1.807) is 17.1 Å². The molecule has 0 saturated carbocycles. The standard InChI is InChI=1S/C7H6BrN5S/c1-13-7(11-4-12-13)14-6-3-9-5(8)2-10-6/h2-4H,1H3. The molecule has 2 aromatic heterocycles. The Kier molecular flexibility index (Phi) is 2.78. The highest BCUT2D eigenvalue weighted by atomic mass is 79.9. The number of hydrogen-bond donors (Lipinski definition) is 0. The van der Waals surface area contributed by atoms with Crippen molar-refractivity contribution in [3.8, 4) is 0 Å². The van der Waals surface area contributed by atoms with Gasteiger partial charge in [-0.05, 0) is 27.7 Å². The van der Waals surface area contributed by atoms with Gasteiger partial charge in [-0.3, -0.25) is 0 Å². The molecule has 2 heterocycles. The van der Waals surface area contributed by atoms with Gasteiger partial charge in [0.1, 0.15) is 16.0 Å². The van der Waals surface area contributed by atoms with Crippen molar-refractivity contribution in [1.82, 2.24) is 24.7 Å². The summed E-state index contributed by atoms with van der Waals surface area (Å²) in [6.45, 7) is 0. The third-order valence-corrected chi connectivity index (χ3v) is 2.84. The summed E-state index contributed by atoms with van der Waals surface area (Å²) in [6.07, 6.45) is 4.84. The molecule has 0 saturated heterocycles. The highest BCUT2D eigenvalue weighted by Gasteiger charge is 2.04. The average molecular weight is 272 g/mol. The van der Waals surface area contributed by atoms with E-state index in [0.29, 0.717) is 0 Å². The number of aryl methyl sites for hydroxylation is 1. The molecule has 5 nitrogen and oxygen atoms in total. The maximum absolute atomic E-state index is 4.17. The lowest BCUT2D eigenvalue weighted by molar-refractivity contribution is 0.684. The van der Waals surface area contributed by atoms with Crippen LogP contribution in [0.3, 0.4) is 0 Å². The minimum atomic E-state index is 0.722. The fraction of sp³-hybridized carbons (Fsp3) is 0.143. The maximum Gasteiger partial charge on any atom is 0.192 e. The first kappa shape index (κ1) is 9.60. The summed E-state index contributed by atoms with van der Waals surface area (Å²) in [5, 5.41) is 5.55. The summed E-state index contributed by atoms with van der Waals surface area (Å²) in [6, 6.07) is 0. The van der Waals surface area contributed by atoms with Crippen LogP contribution < -0.4 is 0 Å². The van der Waals surface area contributed by atoms with E-state index in [2.05, 4.69) is 36.0 Å². The van der Waals surface area contributed by atoms with Gasteiger partial charge in [0.2, 0.25) is 0 Å². The monoisotopic (exact) mass is 271 g/mol. The number of aromatic nitrogens is 5. The van der Waals surface area contributed by atoms with Crippen molar-refractivity contribution in [1.29, 1.82) is 0 Å². The molecule has 0 atom stereocenters. The zero-order valence-electron chi connectivity index (χ0n) is 7.25. The molecule has 0 spiro atoms. The molecule has 0 N–H and O–H groups in total. The first-order chi connectivity index (χ1) is 6.75. The predicted molar refractivity (Wildman–Crippen MR) is 54.9 cm³/mol. The van der Waals surface area contributed by atoms with Gasteiger partial charge < -0.3 is 0 Å². The second-order valence-electron chi connectivity index (χ2n) is 2.45. The first-order valence-corrected chi connectivity index (χ1v) is 5.36. The van der Waals surface area contributed by atoms with Gasteiger partial charge in [0, 0.05) is 7.05 Å². The van der Waals surface area contributed by atoms with Crippen LogP contribution in [0.1, 0.15) is 0 Å². The summed E-state index contributed by atoms with van der Waals surface area (Å²) < 4.78 is 2.41. The highest BCUT2D eigenvalue weighted by molar-refractivity contribution is 9.10. The number of halogens is 1. The van der Waals surface area contributed by atoms with Gasteiger partial charge in [0.25, 0.3) is 0 Å². The third-order valence-electron chi connectivity index (χ3n) is 1.46. The molecule has 2 rings (SSSR count). The molecule has 0 aliphatic heterocycles. The fourth-order valence-electron chi connectivity index (χ4n) is 0.825. The minimum absolute atomic E-state index is 0.722. The van der Waals surface area contributed by atoms with Crippen LogP contribution in [0, 0.1) is 0 Å². The zero-order chi connectivity index (χ0) is 9.97. The predicted octanol–water partition coefficient (Wildman–Crippen LogP) is 1.52. The van der Waals surface area contributed by atoms with Gasteiger partial charge in [-0.15, -0.1) is 0 Å². The van der Waals surface area contributed by atoms with E-state index < -0.39 is 0 Å². The topological polar surface area (TPSA) is 56.5 Å². The molecule has 0 aliphatic rings. The van der Waals surface area contributed by atoms with Crippen LogP contribution in [0.25, 0.3) is 0 Å². The van der Waals surface area contributed by atoms with Crippen LogP contribution in [0.5, 0.6) is 0 Å². The minimum Gasteiger partial charge on any atom is -0.245 e. The smallest absolute Gasteiger partial charge is 0.192 e. The summed E-state index contributed by atoms with van der Waals surface area (Å²) in [5.41, 5.74) is 0. The van der Waals surface area contributed by atoms with Gasteiger partial charge in [-0.2, -0.15) is 5.10 Å². The van der Waals surface area contributed by atoms with Crippen molar-refractivity contribution in [2.24, 2.45) is 7.05 Å². The van der Waals surface area contributed by atoms with Gasteiger partial charge in [0.05, 0.1) is 12.4 Å². The Morgan fingerprint density at radius 1 is 1.29 bits per heavy atom. The van der Waals surface area contributed by atoms with Crippen molar-refractivity contribution in [2.45, 2.75) is 10.2 Å². The Morgan fingerprint density at radius 2 is 2.14 bits per heavy atom. The molecule has 2 aromatic rings. The Hall–Kier alpha value is -0.950. The van der Waals surface area contributed by atoms with Crippen LogP contribution in [0.15, 0.2) is 33.5 Å². The Bertz CT molecular complexity index is 426. The van der Waals surface area contributed by atoms with Gasteiger partial charge in [-0.1, -0.05) is 0 Å². The molecule has 0 radical (unpaired) electrons. The van der Waals surface area contributed by atoms with E-state index in [1.165, 1.54) is 18.1 Å². The van der Waals surface area contributed by atoms with Crippen LogP contribution in [0.2, 0.25) is 0 Å². The lowest BCUT2D eigenvalue weighted by Gasteiger charge is -1.98. The van der Waals surface area contributed by atoms with Crippen molar-refractivity contribution >= 4 is 27.7 Å². The Balaban J connectivity index is 2.19. The van der Waals surface area contributed by atoms with Crippen molar-refractivity contribution in [3.05, 3.63) is 23.3 Å². The molecular weight excluding hydrogens is 266 g/mol. The van der Waals surface area contributed by atoms with Crippen LogP contribution in [-0.4, -0.2) is 24.7 Å². The Morgan fingerprint density at radius 3 is 2.71 bits per heavy atom. The molecule has 0 bridgehead atoms. The van der Waals surface area contributed by atoms with Crippen molar-refractivity contribution in [3.63, 3.8) is 0 Å². The van der Waals surface area contributed by atoms with E-state index in [9.17, 15) is 0 Å². The van der Waals surface area contributed by atoms with Crippen LogP contribution >= 0.6 is 27.7 Å². The molecule has 7 heteroatoms.